The fraction of sp³-hybridized carbons (Fsp3) is 0.875. The molecule has 0 aromatic rings. The van der Waals surface area contributed by atoms with Gasteiger partial charge in [0.05, 0.1) is 31.0 Å². The van der Waals surface area contributed by atoms with E-state index in [9.17, 15) is 20.1 Å². The Hall–Kier alpha value is -1.15. The highest BCUT2D eigenvalue weighted by molar-refractivity contribution is 5.82. The number of amides is 1. The summed E-state index contributed by atoms with van der Waals surface area (Å²) in [4.78, 5) is 13.2. The largest absolute Gasteiger partial charge is 0.394 e. The first-order valence-corrected chi connectivity index (χ1v) is 12.0. The first-order chi connectivity index (χ1) is 16.4. The molecule has 3 aliphatic rings. The summed E-state index contributed by atoms with van der Waals surface area (Å²) in [6, 6.07) is 0. The molecule has 11 nitrogen and oxygen atoms in total. The predicted molar refractivity (Wildman–Crippen MR) is 123 cm³/mol. The van der Waals surface area contributed by atoms with Crippen molar-refractivity contribution < 1.29 is 48.5 Å². The Labute approximate surface area is 206 Å². The van der Waals surface area contributed by atoms with Crippen molar-refractivity contribution in [3.63, 3.8) is 0 Å². The molecule has 0 aromatic heterocycles. The van der Waals surface area contributed by atoms with Gasteiger partial charge < -0.3 is 49.1 Å². The van der Waals surface area contributed by atoms with E-state index in [1.807, 2.05) is 27.7 Å². The second-order valence-electron chi connectivity index (χ2n) is 10.3. The molecule has 0 spiro atoms. The third-order valence-electron chi connectivity index (χ3n) is 7.77. The normalized spacial score (nSPS) is 41.1. The van der Waals surface area contributed by atoms with E-state index in [-0.39, 0.29) is 31.7 Å². The van der Waals surface area contributed by atoms with Crippen LogP contribution in [0.25, 0.3) is 0 Å². The van der Waals surface area contributed by atoms with Crippen molar-refractivity contribution in [2.24, 2.45) is 11.3 Å². The summed E-state index contributed by atoms with van der Waals surface area (Å²) >= 11 is 0. The number of carbonyl (C=O) groups is 1. The van der Waals surface area contributed by atoms with Gasteiger partial charge in [0.15, 0.2) is 12.3 Å². The number of hydrogen-bond acceptors (Lipinski definition) is 10. The van der Waals surface area contributed by atoms with Gasteiger partial charge in [-0.3, -0.25) is 4.79 Å². The van der Waals surface area contributed by atoms with E-state index in [1.165, 1.54) is 7.11 Å². The Bertz CT molecular complexity index is 763. The lowest BCUT2D eigenvalue weighted by atomic mass is 9.72. The summed E-state index contributed by atoms with van der Waals surface area (Å²) in [6.45, 7) is 11.2. The van der Waals surface area contributed by atoms with Gasteiger partial charge in [0.1, 0.15) is 19.0 Å². The zero-order valence-corrected chi connectivity index (χ0v) is 21.4. The van der Waals surface area contributed by atoms with Crippen molar-refractivity contribution in [3.05, 3.63) is 12.2 Å². The minimum Gasteiger partial charge on any atom is -0.394 e. The molecule has 3 saturated heterocycles. The van der Waals surface area contributed by atoms with Crippen LogP contribution >= 0.6 is 0 Å². The highest BCUT2D eigenvalue weighted by Gasteiger charge is 2.57. The standard InChI is InChI=1S/C24H41NO10/c1-12-9-24(31-7,35-14(3)13(12)2)19(28)21(29)25-22-18-17(32-11-33-22)20(30-6)23(4,5)16(34-18)8-15(27)10-26/h13-20,22,26-28H,1,8-11H2,2-7H3,(H,25,29). The third-order valence-corrected chi connectivity index (χ3v) is 7.77. The number of nitrogens with one attached hydrogen (secondary N) is 1. The monoisotopic (exact) mass is 503 g/mol. The zero-order chi connectivity index (χ0) is 26.1. The van der Waals surface area contributed by atoms with Crippen molar-refractivity contribution in [2.45, 2.75) is 95.3 Å². The first-order valence-electron chi connectivity index (χ1n) is 12.0. The fourth-order valence-corrected chi connectivity index (χ4v) is 5.26. The van der Waals surface area contributed by atoms with Crippen molar-refractivity contribution in [2.75, 3.05) is 27.6 Å². The molecule has 3 heterocycles. The van der Waals surface area contributed by atoms with Crippen LogP contribution < -0.4 is 5.32 Å². The minimum atomic E-state index is -1.67. The topological polar surface area (TPSA) is 145 Å². The highest BCUT2D eigenvalue weighted by atomic mass is 16.7. The molecule has 10 atom stereocenters. The summed E-state index contributed by atoms with van der Waals surface area (Å²) < 4.78 is 35.0. The molecule has 0 saturated carbocycles. The van der Waals surface area contributed by atoms with Crippen LogP contribution in [0.2, 0.25) is 0 Å². The molecule has 3 rings (SSSR count). The van der Waals surface area contributed by atoms with Crippen LogP contribution in [0.4, 0.5) is 0 Å². The number of carbonyl (C=O) groups excluding carboxylic acids is 1. The quantitative estimate of drug-likeness (QED) is 0.336. The van der Waals surface area contributed by atoms with Gasteiger partial charge in [-0.25, -0.2) is 0 Å². The van der Waals surface area contributed by atoms with Crippen molar-refractivity contribution >= 4 is 5.91 Å². The van der Waals surface area contributed by atoms with E-state index >= 15 is 0 Å². The molecule has 35 heavy (non-hydrogen) atoms. The molecule has 0 bridgehead atoms. The SMILES string of the molecule is C=C1CC(OC)(C(O)C(=O)NC2OCOC3C2OC(CC(O)CO)C(C)(C)C3OC)OC(C)C1C. The molecule has 1 amide bonds. The van der Waals surface area contributed by atoms with Gasteiger partial charge in [0.2, 0.25) is 5.79 Å². The number of methoxy groups -OCH3 is 2. The summed E-state index contributed by atoms with van der Waals surface area (Å²) in [7, 11) is 2.93. The predicted octanol–water partition coefficient (Wildman–Crippen LogP) is 0.0582. The first kappa shape index (κ1) is 28.4. The smallest absolute Gasteiger partial charge is 0.256 e. The Kier molecular flexibility index (Phi) is 8.99. The number of ether oxygens (including phenoxy) is 6. The zero-order valence-electron chi connectivity index (χ0n) is 21.4. The van der Waals surface area contributed by atoms with Crippen LogP contribution in [-0.4, -0.2) is 104 Å². The van der Waals surface area contributed by atoms with E-state index in [4.69, 9.17) is 28.4 Å². The number of aliphatic hydroxyl groups excluding tert-OH is 3. The van der Waals surface area contributed by atoms with Gasteiger partial charge in [-0.15, -0.1) is 0 Å². The Morgan fingerprint density at radius 3 is 2.49 bits per heavy atom. The number of rotatable bonds is 8. The van der Waals surface area contributed by atoms with Crippen molar-refractivity contribution in [3.8, 4) is 0 Å². The van der Waals surface area contributed by atoms with E-state index < -0.39 is 66.6 Å². The second kappa shape index (κ2) is 11.1. The van der Waals surface area contributed by atoms with Crippen LogP contribution in [-0.2, 0) is 33.2 Å². The van der Waals surface area contributed by atoms with Gasteiger partial charge in [-0.1, -0.05) is 32.9 Å². The number of fused-ring (bicyclic) bond motifs is 1. The Balaban J connectivity index is 1.79. The molecule has 4 N–H and O–H groups in total. The molecule has 0 aliphatic carbocycles. The summed E-state index contributed by atoms with van der Waals surface area (Å²) in [5, 5.41) is 33.1. The number of aliphatic hydroxyl groups is 3. The van der Waals surface area contributed by atoms with Crippen molar-refractivity contribution in [1.82, 2.24) is 5.32 Å². The fourth-order valence-electron chi connectivity index (χ4n) is 5.26. The molecule has 3 aliphatic heterocycles. The molecular weight excluding hydrogens is 462 g/mol. The lowest BCUT2D eigenvalue weighted by molar-refractivity contribution is -0.333. The van der Waals surface area contributed by atoms with Crippen LogP contribution in [0.5, 0.6) is 0 Å². The van der Waals surface area contributed by atoms with E-state index in [2.05, 4.69) is 11.9 Å². The van der Waals surface area contributed by atoms with Crippen LogP contribution in [0, 0.1) is 11.3 Å². The molecule has 0 radical (unpaired) electrons. The van der Waals surface area contributed by atoms with E-state index in [0.717, 1.165) is 5.57 Å². The molecule has 10 unspecified atom stereocenters. The summed E-state index contributed by atoms with van der Waals surface area (Å²) in [6.07, 6.45) is -6.03. The van der Waals surface area contributed by atoms with Crippen LogP contribution in [0.15, 0.2) is 12.2 Å². The molecule has 0 aromatic carbocycles. The molecule has 11 heteroatoms. The lowest BCUT2D eigenvalue weighted by Gasteiger charge is -2.54. The maximum atomic E-state index is 13.2. The van der Waals surface area contributed by atoms with Crippen LogP contribution in [0.3, 0.4) is 0 Å². The van der Waals surface area contributed by atoms with Crippen LogP contribution in [0.1, 0.15) is 40.5 Å². The lowest BCUT2D eigenvalue weighted by Crippen LogP contribution is -2.69. The average Bonchev–Trinajstić information content (AvgIpc) is 2.82. The van der Waals surface area contributed by atoms with Gasteiger partial charge in [0.25, 0.3) is 5.91 Å². The van der Waals surface area contributed by atoms with E-state index in [1.54, 1.807) is 7.11 Å². The number of hydrogen-bond donors (Lipinski definition) is 4. The second-order valence-corrected chi connectivity index (χ2v) is 10.3. The Morgan fingerprint density at radius 2 is 1.91 bits per heavy atom. The van der Waals surface area contributed by atoms with Gasteiger partial charge in [-0.2, -0.15) is 0 Å². The Morgan fingerprint density at radius 1 is 1.23 bits per heavy atom. The van der Waals surface area contributed by atoms with Gasteiger partial charge in [0, 0.05) is 38.4 Å². The van der Waals surface area contributed by atoms with Gasteiger partial charge >= 0.3 is 0 Å². The molecule has 3 fully saturated rings. The van der Waals surface area contributed by atoms with Crippen molar-refractivity contribution in [1.29, 1.82) is 0 Å². The minimum absolute atomic E-state index is 0.0456. The summed E-state index contributed by atoms with van der Waals surface area (Å²) in [5.74, 6) is -2.30. The maximum Gasteiger partial charge on any atom is 0.256 e. The highest BCUT2D eigenvalue weighted by Crippen LogP contribution is 2.44. The third kappa shape index (κ3) is 5.43. The maximum absolute atomic E-state index is 13.2. The molecule has 202 valence electrons. The average molecular weight is 504 g/mol. The molecular formula is C24H41NO10. The summed E-state index contributed by atoms with van der Waals surface area (Å²) in [5.41, 5.74) is 0.228. The van der Waals surface area contributed by atoms with E-state index in [0.29, 0.717) is 0 Å². The van der Waals surface area contributed by atoms with Gasteiger partial charge in [-0.05, 0) is 6.92 Å².